The number of anilines is 1. The second-order valence-corrected chi connectivity index (χ2v) is 6.32. The smallest absolute Gasteiger partial charge is 0.255 e. The summed E-state index contributed by atoms with van der Waals surface area (Å²) in [6.45, 7) is 3.21. The van der Waals surface area contributed by atoms with Gasteiger partial charge in [-0.15, -0.1) is 0 Å². The first kappa shape index (κ1) is 16.0. The van der Waals surface area contributed by atoms with E-state index in [0.29, 0.717) is 24.7 Å². The largest absolute Gasteiger partial charge is 0.472 e. The molecule has 1 unspecified atom stereocenters. The zero-order chi connectivity index (χ0) is 16.2. The first-order valence-corrected chi connectivity index (χ1v) is 8.19. The molecule has 1 aliphatic heterocycles. The van der Waals surface area contributed by atoms with Crippen molar-refractivity contribution in [3.8, 4) is 5.88 Å². The molecule has 1 aromatic carbocycles. The van der Waals surface area contributed by atoms with Crippen molar-refractivity contribution < 1.29 is 14.3 Å². The molecule has 2 aromatic rings. The highest BCUT2D eigenvalue weighted by atomic mass is 79.9. The number of hydrogen-bond acceptors (Lipinski definition) is 4. The summed E-state index contributed by atoms with van der Waals surface area (Å²) in [5.41, 5.74) is 2.28. The van der Waals surface area contributed by atoms with Gasteiger partial charge in [0.25, 0.3) is 5.91 Å². The van der Waals surface area contributed by atoms with Crippen molar-refractivity contribution in [2.45, 2.75) is 19.4 Å². The number of pyridine rings is 1. The Morgan fingerprint density at radius 3 is 3.00 bits per heavy atom. The van der Waals surface area contributed by atoms with Crippen molar-refractivity contribution >= 4 is 27.5 Å². The van der Waals surface area contributed by atoms with E-state index in [4.69, 9.17) is 9.47 Å². The molecular formula is C17H17BrN2O3. The summed E-state index contributed by atoms with van der Waals surface area (Å²) in [6, 6.07) is 9.04. The molecule has 5 nitrogen and oxygen atoms in total. The molecule has 0 saturated carbocycles. The van der Waals surface area contributed by atoms with E-state index < -0.39 is 0 Å². The van der Waals surface area contributed by atoms with Gasteiger partial charge in [0, 0.05) is 34.4 Å². The number of carbonyl (C=O) groups is 1. The second kappa shape index (κ2) is 7.10. The van der Waals surface area contributed by atoms with Gasteiger partial charge in [-0.05, 0) is 36.8 Å². The van der Waals surface area contributed by atoms with Crippen LogP contribution in [0.15, 0.2) is 41.0 Å². The number of carbonyl (C=O) groups excluding carboxylic acids is 1. The van der Waals surface area contributed by atoms with Gasteiger partial charge in [-0.2, -0.15) is 0 Å². The van der Waals surface area contributed by atoms with E-state index in [0.717, 1.165) is 22.1 Å². The van der Waals surface area contributed by atoms with Crippen LogP contribution in [0.4, 0.5) is 5.69 Å². The van der Waals surface area contributed by atoms with E-state index in [9.17, 15) is 4.79 Å². The van der Waals surface area contributed by atoms with Gasteiger partial charge in [-0.1, -0.05) is 15.9 Å². The number of rotatable bonds is 4. The average molecular weight is 377 g/mol. The number of aryl methyl sites for hydroxylation is 1. The molecule has 1 atom stereocenters. The van der Waals surface area contributed by atoms with E-state index in [2.05, 4.69) is 26.2 Å². The Morgan fingerprint density at radius 2 is 2.26 bits per heavy atom. The quantitative estimate of drug-likeness (QED) is 0.885. The predicted molar refractivity (Wildman–Crippen MR) is 90.9 cm³/mol. The van der Waals surface area contributed by atoms with Crippen LogP contribution in [0.3, 0.4) is 0 Å². The van der Waals surface area contributed by atoms with Gasteiger partial charge >= 0.3 is 0 Å². The molecular weight excluding hydrogens is 360 g/mol. The van der Waals surface area contributed by atoms with Gasteiger partial charge in [0.2, 0.25) is 5.88 Å². The Kier molecular flexibility index (Phi) is 4.93. The fourth-order valence-electron chi connectivity index (χ4n) is 2.35. The lowest BCUT2D eigenvalue weighted by Crippen LogP contribution is -2.17. The first-order valence-electron chi connectivity index (χ1n) is 7.40. The Bertz CT molecular complexity index is 715. The zero-order valence-corrected chi connectivity index (χ0v) is 14.3. The van der Waals surface area contributed by atoms with Crippen LogP contribution in [-0.2, 0) is 4.74 Å². The number of hydrogen-bond donors (Lipinski definition) is 1. The van der Waals surface area contributed by atoms with Crippen LogP contribution in [-0.4, -0.2) is 30.2 Å². The number of ether oxygens (including phenoxy) is 2. The molecule has 3 rings (SSSR count). The number of amides is 1. The Hall–Kier alpha value is -1.92. The topological polar surface area (TPSA) is 60.5 Å². The van der Waals surface area contributed by atoms with E-state index in [-0.39, 0.29) is 12.0 Å². The van der Waals surface area contributed by atoms with E-state index in [1.54, 1.807) is 18.3 Å². The highest BCUT2D eigenvalue weighted by Gasteiger charge is 2.18. The molecule has 1 amide bonds. The first-order chi connectivity index (χ1) is 11.1. The van der Waals surface area contributed by atoms with Crippen LogP contribution < -0.4 is 10.1 Å². The van der Waals surface area contributed by atoms with Crippen LogP contribution in [0, 0.1) is 6.92 Å². The van der Waals surface area contributed by atoms with Crippen molar-refractivity contribution in [3.05, 3.63) is 52.1 Å². The number of aromatic nitrogens is 1. The maximum absolute atomic E-state index is 12.4. The van der Waals surface area contributed by atoms with E-state index in [1.807, 2.05) is 25.1 Å². The SMILES string of the molecule is Cc1cc(Br)ccc1NC(=O)c1ccnc(OC2CCOC2)c1. The van der Waals surface area contributed by atoms with Gasteiger partial charge in [-0.3, -0.25) is 4.79 Å². The molecule has 2 heterocycles. The Morgan fingerprint density at radius 1 is 1.39 bits per heavy atom. The lowest BCUT2D eigenvalue weighted by Gasteiger charge is -2.12. The molecule has 0 aliphatic carbocycles. The average Bonchev–Trinajstić information content (AvgIpc) is 3.03. The minimum Gasteiger partial charge on any atom is -0.472 e. The van der Waals surface area contributed by atoms with Crippen molar-refractivity contribution in [2.75, 3.05) is 18.5 Å². The van der Waals surface area contributed by atoms with Crippen molar-refractivity contribution in [1.29, 1.82) is 0 Å². The molecule has 23 heavy (non-hydrogen) atoms. The maximum Gasteiger partial charge on any atom is 0.255 e. The maximum atomic E-state index is 12.4. The second-order valence-electron chi connectivity index (χ2n) is 5.40. The third-order valence-electron chi connectivity index (χ3n) is 3.61. The highest BCUT2D eigenvalue weighted by Crippen LogP contribution is 2.21. The van der Waals surface area contributed by atoms with Gasteiger partial charge in [0.15, 0.2) is 0 Å². The number of nitrogens with one attached hydrogen (secondary N) is 1. The molecule has 6 heteroatoms. The molecule has 1 N–H and O–H groups in total. The summed E-state index contributed by atoms with van der Waals surface area (Å²) < 4.78 is 12.0. The highest BCUT2D eigenvalue weighted by molar-refractivity contribution is 9.10. The summed E-state index contributed by atoms with van der Waals surface area (Å²) in [4.78, 5) is 16.6. The van der Waals surface area contributed by atoms with Crippen molar-refractivity contribution in [2.24, 2.45) is 0 Å². The molecule has 1 fully saturated rings. The van der Waals surface area contributed by atoms with Crippen LogP contribution in [0.25, 0.3) is 0 Å². The zero-order valence-electron chi connectivity index (χ0n) is 12.7. The Labute approximate surface area is 143 Å². The molecule has 0 bridgehead atoms. The number of benzene rings is 1. The molecule has 120 valence electrons. The van der Waals surface area contributed by atoms with Crippen LogP contribution in [0.1, 0.15) is 22.3 Å². The van der Waals surface area contributed by atoms with Gasteiger partial charge in [0.05, 0.1) is 13.2 Å². The summed E-state index contributed by atoms with van der Waals surface area (Å²) in [7, 11) is 0. The predicted octanol–water partition coefficient (Wildman–Crippen LogP) is 3.57. The molecule has 0 spiro atoms. The third kappa shape index (κ3) is 4.09. The fraction of sp³-hybridized carbons (Fsp3) is 0.294. The normalized spacial score (nSPS) is 17.0. The Balaban J connectivity index is 1.71. The number of nitrogens with zero attached hydrogens (tertiary/aromatic N) is 1. The van der Waals surface area contributed by atoms with E-state index >= 15 is 0 Å². The van der Waals surface area contributed by atoms with Crippen molar-refractivity contribution in [1.82, 2.24) is 4.98 Å². The van der Waals surface area contributed by atoms with Crippen LogP contribution in [0.5, 0.6) is 5.88 Å². The molecule has 1 aromatic heterocycles. The third-order valence-corrected chi connectivity index (χ3v) is 4.10. The summed E-state index contributed by atoms with van der Waals surface area (Å²) in [6.07, 6.45) is 2.43. The minimum absolute atomic E-state index is 0.00882. The van der Waals surface area contributed by atoms with Gasteiger partial charge < -0.3 is 14.8 Å². The van der Waals surface area contributed by atoms with Gasteiger partial charge in [0.1, 0.15) is 6.10 Å². The van der Waals surface area contributed by atoms with Gasteiger partial charge in [-0.25, -0.2) is 4.98 Å². The number of halogens is 1. The molecule has 1 saturated heterocycles. The van der Waals surface area contributed by atoms with E-state index in [1.165, 1.54) is 0 Å². The lowest BCUT2D eigenvalue weighted by molar-refractivity contribution is 0.102. The lowest BCUT2D eigenvalue weighted by atomic mass is 10.2. The summed E-state index contributed by atoms with van der Waals surface area (Å²) in [5.74, 6) is 0.256. The minimum atomic E-state index is -0.189. The van der Waals surface area contributed by atoms with Crippen LogP contribution in [0.2, 0.25) is 0 Å². The summed E-state index contributed by atoms with van der Waals surface area (Å²) in [5, 5.41) is 2.91. The monoisotopic (exact) mass is 376 g/mol. The molecule has 0 radical (unpaired) electrons. The fourth-order valence-corrected chi connectivity index (χ4v) is 2.83. The van der Waals surface area contributed by atoms with Crippen LogP contribution >= 0.6 is 15.9 Å². The molecule has 1 aliphatic rings. The summed E-state index contributed by atoms with van der Waals surface area (Å²) >= 11 is 3.41. The standard InChI is InChI=1S/C17H17BrN2O3/c1-11-8-13(18)2-3-15(11)20-17(21)12-4-6-19-16(9-12)23-14-5-7-22-10-14/h2-4,6,8-9,14H,5,7,10H2,1H3,(H,20,21). The van der Waals surface area contributed by atoms with Crippen molar-refractivity contribution in [3.63, 3.8) is 0 Å².